The molecule has 7 heteroatoms. The molecular weight excluding hydrogens is 420 g/mol. The van der Waals surface area contributed by atoms with Crippen molar-refractivity contribution in [3.05, 3.63) is 76.7 Å². The van der Waals surface area contributed by atoms with E-state index in [0.717, 1.165) is 48.0 Å². The van der Waals surface area contributed by atoms with Gasteiger partial charge in [-0.25, -0.2) is 0 Å². The number of hydrogen-bond donors (Lipinski definition) is 0. The molecule has 2 aliphatic heterocycles. The first-order valence-electron chi connectivity index (χ1n) is 11.2. The van der Waals surface area contributed by atoms with Gasteiger partial charge in [0.2, 0.25) is 6.79 Å². The third kappa shape index (κ3) is 4.98. The summed E-state index contributed by atoms with van der Waals surface area (Å²) >= 11 is 0. The zero-order valence-corrected chi connectivity index (χ0v) is 19.0. The summed E-state index contributed by atoms with van der Waals surface area (Å²) in [7, 11) is 0. The molecule has 0 bridgehead atoms. The van der Waals surface area contributed by atoms with Crippen LogP contribution < -0.4 is 14.2 Å². The highest BCUT2D eigenvalue weighted by molar-refractivity contribution is 5.91. The van der Waals surface area contributed by atoms with Gasteiger partial charge in [-0.3, -0.25) is 9.69 Å². The maximum atomic E-state index is 12.9. The molecule has 33 heavy (non-hydrogen) atoms. The van der Waals surface area contributed by atoms with Crippen LogP contribution in [0.2, 0.25) is 0 Å². The second-order valence-corrected chi connectivity index (χ2v) is 8.63. The van der Waals surface area contributed by atoms with Crippen molar-refractivity contribution in [3.8, 4) is 17.2 Å². The lowest BCUT2D eigenvalue weighted by Crippen LogP contribution is -2.48. The Balaban J connectivity index is 1.12. The number of benzene rings is 2. The predicted octanol–water partition coefficient (Wildman–Crippen LogP) is 4.16. The highest BCUT2D eigenvalue weighted by Gasteiger charge is 2.25. The minimum atomic E-state index is -0.0737. The van der Waals surface area contributed by atoms with Gasteiger partial charge in [-0.2, -0.15) is 0 Å². The summed E-state index contributed by atoms with van der Waals surface area (Å²) in [6.45, 7) is 8.42. The SMILES string of the molecule is Cc1cc(C)cc(OCc2ccc(C(=O)N3CCN(Cc4ccc5c(c4)OCO5)CC3)o2)c1. The van der Waals surface area contributed by atoms with Crippen LogP contribution in [-0.2, 0) is 13.2 Å². The molecule has 1 aromatic heterocycles. The number of furan rings is 1. The summed E-state index contributed by atoms with van der Waals surface area (Å²) in [5.74, 6) is 3.32. The van der Waals surface area contributed by atoms with Crippen molar-refractivity contribution < 1.29 is 23.4 Å². The molecule has 1 fully saturated rings. The number of aryl methyl sites for hydroxylation is 2. The Morgan fingerprint density at radius 1 is 0.909 bits per heavy atom. The maximum Gasteiger partial charge on any atom is 0.289 e. The van der Waals surface area contributed by atoms with Crippen LogP contribution in [0.4, 0.5) is 0 Å². The van der Waals surface area contributed by atoms with Crippen LogP contribution in [0.3, 0.4) is 0 Å². The second kappa shape index (κ2) is 9.19. The summed E-state index contributed by atoms with van der Waals surface area (Å²) in [5.41, 5.74) is 3.48. The van der Waals surface area contributed by atoms with E-state index >= 15 is 0 Å². The first kappa shape index (κ1) is 21.4. The highest BCUT2D eigenvalue weighted by Crippen LogP contribution is 2.33. The topological polar surface area (TPSA) is 64.4 Å². The quantitative estimate of drug-likeness (QED) is 0.564. The lowest BCUT2D eigenvalue weighted by molar-refractivity contribution is 0.0594. The van der Waals surface area contributed by atoms with Crippen molar-refractivity contribution in [2.45, 2.75) is 27.0 Å². The molecule has 0 N–H and O–H groups in total. The van der Waals surface area contributed by atoms with Gasteiger partial charge in [0, 0.05) is 32.7 Å². The van der Waals surface area contributed by atoms with Crippen molar-refractivity contribution in [3.63, 3.8) is 0 Å². The molecule has 172 valence electrons. The van der Waals surface area contributed by atoms with Gasteiger partial charge in [0.15, 0.2) is 17.3 Å². The predicted molar refractivity (Wildman–Crippen MR) is 123 cm³/mol. The number of hydrogen-bond acceptors (Lipinski definition) is 6. The summed E-state index contributed by atoms with van der Waals surface area (Å²) in [4.78, 5) is 17.1. The van der Waals surface area contributed by atoms with Gasteiger partial charge in [-0.1, -0.05) is 12.1 Å². The van der Waals surface area contributed by atoms with E-state index in [1.54, 1.807) is 6.07 Å². The van der Waals surface area contributed by atoms with Crippen LogP contribution in [0.1, 0.15) is 33.0 Å². The number of piperazine rings is 1. The van der Waals surface area contributed by atoms with Gasteiger partial charge in [0.25, 0.3) is 5.91 Å². The fraction of sp³-hybridized carbons (Fsp3) is 0.346. The van der Waals surface area contributed by atoms with Crippen LogP contribution in [-0.4, -0.2) is 48.7 Å². The Bertz CT molecular complexity index is 1130. The van der Waals surface area contributed by atoms with Gasteiger partial charge >= 0.3 is 0 Å². The Labute approximate surface area is 193 Å². The van der Waals surface area contributed by atoms with E-state index in [1.807, 2.05) is 49.1 Å². The number of amides is 1. The molecule has 2 aliphatic rings. The minimum Gasteiger partial charge on any atom is -0.486 e. The molecule has 0 saturated carbocycles. The van der Waals surface area contributed by atoms with E-state index < -0.39 is 0 Å². The number of carbonyl (C=O) groups is 1. The first-order valence-corrected chi connectivity index (χ1v) is 11.2. The standard InChI is InChI=1S/C26H28N2O5/c1-18-11-19(2)13-22(12-18)30-16-21-4-6-24(33-21)26(29)28-9-7-27(8-10-28)15-20-3-5-23-25(14-20)32-17-31-23/h3-6,11-14H,7-10,15-17H2,1-2H3. The number of ether oxygens (including phenoxy) is 3. The Hall–Kier alpha value is -3.45. The molecule has 0 atom stereocenters. The number of rotatable bonds is 6. The average molecular weight is 449 g/mol. The lowest BCUT2D eigenvalue weighted by Gasteiger charge is -2.34. The summed E-state index contributed by atoms with van der Waals surface area (Å²) in [6.07, 6.45) is 0. The molecule has 0 unspecified atom stereocenters. The number of fused-ring (bicyclic) bond motifs is 1. The second-order valence-electron chi connectivity index (χ2n) is 8.63. The van der Waals surface area contributed by atoms with E-state index in [-0.39, 0.29) is 12.7 Å². The third-order valence-corrected chi connectivity index (χ3v) is 5.95. The summed E-state index contributed by atoms with van der Waals surface area (Å²) in [5, 5.41) is 0. The van der Waals surface area contributed by atoms with Gasteiger partial charge < -0.3 is 23.5 Å². The van der Waals surface area contributed by atoms with Crippen LogP contribution in [0, 0.1) is 13.8 Å². The van der Waals surface area contributed by atoms with Gasteiger partial charge in [0.1, 0.15) is 18.1 Å². The molecule has 3 heterocycles. The first-order chi connectivity index (χ1) is 16.0. The molecule has 3 aromatic rings. The van der Waals surface area contributed by atoms with Crippen LogP contribution in [0.5, 0.6) is 17.2 Å². The monoisotopic (exact) mass is 448 g/mol. The molecule has 1 saturated heterocycles. The van der Waals surface area contributed by atoms with Crippen LogP contribution in [0.25, 0.3) is 0 Å². The van der Waals surface area contributed by atoms with Gasteiger partial charge in [0.05, 0.1) is 0 Å². The van der Waals surface area contributed by atoms with E-state index in [9.17, 15) is 4.79 Å². The minimum absolute atomic E-state index is 0.0737. The fourth-order valence-corrected chi connectivity index (χ4v) is 4.30. The molecule has 2 aromatic carbocycles. The molecule has 5 rings (SSSR count). The van der Waals surface area contributed by atoms with Crippen molar-refractivity contribution in [1.82, 2.24) is 9.80 Å². The summed E-state index contributed by atoms with van der Waals surface area (Å²) in [6, 6.07) is 15.7. The van der Waals surface area contributed by atoms with Gasteiger partial charge in [-0.15, -0.1) is 0 Å². The van der Waals surface area contributed by atoms with E-state index in [2.05, 4.69) is 17.0 Å². The Morgan fingerprint density at radius 3 is 2.45 bits per heavy atom. The Morgan fingerprint density at radius 2 is 1.67 bits per heavy atom. The van der Waals surface area contributed by atoms with E-state index in [0.29, 0.717) is 31.2 Å². The zero-order valence-electron chi connectivity index (χ0n) is 19.0. The molecule has 7 nitrogen and oxygen atoms in total. The smallest absolute Gasteiger partial charge is 0.289 e. The maximum absolute atomic E-state index is 12.9. The zero-order chi connectivity index (χ0) is 22.8. The van der Waals surface area contributed by atoms with Crippen molar-refractivity contribution in [2.24, 2.45) is 0 Å². The molecular formula is C26H28N2O5. The van der Waals surface area contributed by atoms with Crippen molar-refractivity contribution in [2.75, 3.05) is 33.0 Å². The molecule has 0 aliphatic carbocycles. The van der Waals surface area contributed by atoms with Gasteiger partial charge in [-0.05, 0) is 66.9 Å². The Kier molecular flexibility index (Phi) is 5.96. The third-order valence-electron chi connectivity index (χ3n) is 5.95. The largest absolute Gasteiger partial charge is 0.486 e. The molecule has 0 radical (unpaired) electrons. The number of carbonyl (C=O) groups excluding carboxylic acids is 1. The molecule has 0 spiro atoms. The van der Waals surface area contributed by atoms with E-state index in [4.69, 9.17) is 18.6 Å². The highest BCUT2D eigenvalue weighted by atomic mass is 16.7. The molecule has 1 amide bonds. The van der Waals surface area contributed by atoms with Crippen LogP contribution in [0.15, 0.2) is 52.9 Å². The normalized spacial score (nSPS) is 15.6. The van der Waals surface area contributed by atoms with E-state index in [1.165, 1.54) is 5.56 Å². The van der Waals surface area contributed by atoms with Crippen molar-refractivity contribution in [1.29, 1.82) is 0 Å². The number of nitrogens with zero attached hydrogens (tertiary/aromatic N) is 2. The van der Waals surface area contributed by atoms with Crippen LogP contribution >= 0.6 is 0 Å². The summed E-state index contributed by atoms with van der Waals surface area (Å²) < 4.78 is 22.5. The fourth-order valence-electron chi connectivity index (χ4n) is 4.30. The van der Waals surface area contributed by atoms with Crippen molar-refractivity contribution >= 4 is 5.91 Å². The average Bonchev–Trinajstić information content (AvgIpc) is 3.46. The lowest BCUT2D eigenvalue weighted by atomic mass is 10.1.